The highest BCUT2D eigenvalue weighted by molar-refractivity contribution is 5.88. The summed E-state index contributed by atoms with van der Waals surface area (Å²) in [6, 6.07) is 10.0. The van der Waals surface area contributed by atoms with Gasteiger partial charge in [-0.1, -0.05) is 29.8 Å². The Kier molecular flexibility index (Phi) is 2.78. The zero-order valence-electron chi connectivity index (χ0n) is 9.23. The highest BCUT2D eigenvalue weighted by atomic mass is 16.4. The number of nitrogens with one attached hydrogen (secondary N) is 1. The van der Waals surface area contributed by atoms with Crippen molar-refractivity contribution in [3.63, 3.8) is 0 Å². The van der Waals surface area contributed by atoms with Gasteiger partial charge in [0.1, 0.15) is 0 Å². The van der Waals surface area contributed by atoms with E-state index in [9.17, 15) is 9.59 Å². The molecule has 0 saturated heterocycles. The molecule has 0 aliphatic rings. The number of rotatable bonds is 2. The summed E-state index contributed by atoms with van der Waals surface area (Å²) in [6.45, 7) is 1.96. The molecule has 4 heteroatoms. The van der Waals surface area contributed by atoms with Crippen LogP contribution >= 0.6 is 0 Å². The van der Waals surface area contributed by atoms with Gasteiger partial charge in [-0.2, -0.15) is 0 Å². The van der Waals surface area contributed by atoms with E-state index < -0.39 is 11.5 Å². The third kappa shape index (κ3) is 2.42. The van der Waals surface area contributed by atoms with Crippen LogP contribution in [0.2, 0.25) is 0 Å². The zero-order chi connectivity index (χ0) is 12.4. The van der Waals surface area contributed by atoms with E-state index >= 15 is 0 Å². The summed E-state index contributed by atoms with van der Waals surface area (Å²) in [5.74, 6) is -1.11. The number of aromatic nitrogens is 1. The number of carbonyl (C=O) groups is 1. The van der Waals surface area contributed by atoms with Crippen molar-refractivity contribution in [3.8, 4) is 11.3 Å². The molecular weight excluding hydrogens is 218 g/mol. The predicted octanol–water partition coefficient (Wildman–Crippen LogP) is 2.05. The van der Waals surface area contributed by atoms with Crippen LogP contribution in [0, 0.1) is 6.92 Å². The van der Waals surface area contributed by atoms with Crippen molar-refractivity contribution in [1.29, 1.82) is 0 Å². The summed E-state index contributed by atoms with van der Waals surface area (Å²) < 4.78 is 0. The van der Waals surface area contributed by atoms with Crippen LogP contribution in [0.15, 0.2) is 41.2 Å². The average molecular weight is 229 g/mol. The van der Waals surface area contributed by atoms with Gasteiger partial charge in [0.25, 0.3) is 0 Å². The van der Waals surface area contributed by atoms with E-state index in [0.717, 1.165) is 17.2 Å². The molecule has 0 unspecified atom stereocenters. The Balaban J connectivity index is 2.55. The summed E-state index contributed by atoms with van der Waals surface area (Å²) in [7, 11) is 0. The number of H-pyrrole nitrogens is 1. The summed E-state index contributed by atoms with van der Waals surface area (Å²) in [5, 5.41) is 8.87. The number of pyridine rings is 1. The van der Waals surface area contributed by atoms with Crippen LogP contribution in [0.3, 0.4) is 0 Å². The lowest BCUT2D eigenvalue weighted by Crippen LogP contribution is -2.10. The van der Waals surface area contributed by atoms with Gasteiger partial charge in [0.2, 0.25) is 5.56 Å². The Hall–Kier alpha value is -2.36. The minimum atomic E-state index is -1.11. The molecule has 1 aromatic heterocycles. The maximum absolute atomic E-state index is 11.3. The number of carboxylic acids is 1. The van der Waals surface area contributed by atoms with Crippen molar-refractivity contribution >= 4 is 5.97 Å². The van der Waals surface area contributed by atoms with Crippen molar-refractivity contribution in [2.75, 3.05) is 0 Å². The Morgan fingerprint density at radius 2 is 1.82 bits per heavy atom. The maximum atomic E-state index is 11.3. The van der Waals surface area contributed by atoms with Crippen LogP contribution in [-0.2, 0) is 0 Å². The van der Waals surface area contributed by atoms with Crippen LogP contribution in [0.25, 0.3) is 11.3 Å². The average Bonchev–Trinajstić information content (AvgIpc) is 2.29. The van der Waals surface area contributed by atoms with E-state index in [0.29, 0.717) is 5.69 Å². The summed E-state index contributed by atoms with van der Waals surface area (Å²) in [6.07, 6.45) is 0. The normalized spacial score (nSPS) is 10.2. The van der Waals surface area contributed by atoms with Gasteiger partial charge in [0, 0.05) is 11.8 Å². The molecule has 0 radical (unpaired) electrons. The van der Waals surface area contributed by atoms with Gasteiger partial charge in [-0.25, -0.2) is 4.79 Å². The molecule has 0 fully saturated rings. The fourth-order valence-corrected chi connectivity index (χ4v) is 1.56. The smallest absolute Gasteiger partial charge is 0.335 e. The van der Waals surface area contributed by atoms with Crippen LogP contribution in [0.4, 0.5) is 0 Å². The number of aryl methyl sites for hydroxylation is 1. The Morgan fingerprint density at radius 1 is 1.18 bits per heavy atom. The Bertz CT molecular complexity index is 611. The topological polar surface area (TPSA) is 70.2 Å². The van der Waals surface area contributed by atoms with Gasteiger partial charge < -0.3 is 10.1 Å². The van der Waals surface area contributed by atoms with Crippen molar-refractivity contribution in [2.45, 2.75) is 6.92 Å². The van der Waals surface area contributed by atoms with E-state index in [-0.39, 0.29) is 5.56 Å². The monoisotopic (exact) mass is 229 g/mol. The molecule has 0 spiro atoms. The zero-order valence-corrected chi connectivity index (χ0v) is 9.23. The second-order valence-corrected chi connectivity index (χ2v) is 3.82. The molecule has 0 amide bonds. The lowest BCUT2D eigenvalue weighted by Gasteiger charge is -2.03. The van der Waals surface area contributed by atoms with E-state index in [4.69, 9.17) is 5.11 Å². The van der Waals surface area contributed by atoms with E-state index in [2.05, 4.69) is 4.98 Å². The number of benzene rings is 1. The Morgan fingerprint density at radius 3 is 2.41 bits per heavy atom. The maximum Gasteiger partial charge on any atom is 0.335 e. The van der Waals surface area contributed by atoms with Gasteiger partial charge in [-0.15, -0.1) is 0 Å². The molecule has 0 atom stereocenters. The van der Waals surface area contributed by atoms with Crippen molar-refractivity contribution in [1.82, 2.24) is 4.98 Å². The molecule has 17 heavy (non-hydrogen) atoms. The van der Waals surface area contributed by atoms with Gasteiger partial charge in [0.15, 0.2) is 0 Å². The van der Waals surface area contributed by atoms with E-state index in [1.165, 1.54) is 6.07 Å². The van der Waals surface area contributed by atoms with Gasteiger partial charge in [0.05, 0.1) is 5.56 Å². The van der Waals surface area contributed by atoms with Crippen LogP contribution in [0.5, 0.6) is 0 Å². The minimum absolute atomic E-state index is 0.00988. The van der Waals surface area contributed by atoms with Gasteiger partial charge >= 0.3 is 5.97 Å². The first-order valence-corrected chi connectivity index (χ1v) is 5.11. The molecule has 2 N–H and O–H groups in total. The summed E-state index contributed by atoms with van der Waals surface area (Å²) in [5.41, 5.74) is 1.97. The van der Waals surface area contributed by atoms with Crippen LogP contribution in [-0.4, -0.2) is 16.1 Å². The van der Waals surface area contributed by atoms with Crippen molar-refractivity contribution in [3.05, 3.63) is 57.9 Å². The van der Waals surface area contributed by atoms with Gasteiger partial charge in [-0.05, 0) is 18.6 Å². The molecular formula is C13H11NO3. The van der Waals surface area contributed by atoms with Crippen molar-refractivity contribution < 1.29 is 9.90 Å². The van der Waals surface area contributed by atoms with Crippen LogP contribution in [0.1, 0.15) is 15.9 Å². The standard InChI is InChI=1S/C13H11NO3/c1-8-2-4-9(5-3-8)11-6-10(13(16)17)7-12(15)14-11/h2-7H,1H3,(H,14,15)(H,16,17). The lowest BCUT2D eigenvalue weighted by atomic mass is 10.1. The quantitative estimate of drug-likeness (QED) is 0.827. The number of hydrogen-bond acceptors (Lipinski definition) is 2. The molecule has 2 aromatic rings. The third-order valence-corrected chi connectivity index (χ3v) is 2.45. The number of aromatic carboxylic acids is 1. The molecule has 0 aliphatic carbocycles. The second-order valence-electron chi connectivity index (χ2n) is 3.82. The summed E-state index contributed by atoms with van der Waals surface area (Å²) >= 11 is 0. The third-order valence-electron chi connectivity index (χ3n) is 2.45. The number of aromatic amines is 1. The largest absolute Gasteiger partial charge is 0.478 e. The molecule has 86 valence electrons. The highest BCUT2D eigenvalue weighted by Gasteiger charge is 2.07. The first-order chi connectivity index (χ1) is 8.06. The second kappa shape index (κ2) is 4.25. The fourth-order valence-electron chi connectivity index (χ4n) is 1.56. The summed E-state index contributed by atoms with van der Waals surface area (Å²) in [4.78, 5) is 24.8. The SMILES string of the molecule is Cc1ccc(-c2cc(C(=O)O)cc(=O)[nH]2)cc1. The first kappa shape index (κ1) is 11.1. The predicted molar refractivity (Wildman–Crippen MR) is 64.2 cm³/mol. The molecule has 1 aromatic carbocycles. The molecule has 1 heterocycles. The fraction of sp³-hybridized carbons (Fsp3) is 0.0769. The highest BCUT2D eigenvalue weighted by Crippen LogP contribution is 2.17. The number of hydrogen-bond donors (Lipinski definition) is 2. The van der Waals surface area contributed by atoms with Crippen molar-refractivity contribution in [2.24, 2.45) is 0 Å². The molecule has 0 aliphatic heterocycles. The lowest BCUT2D eigenvalue weighted by molar-refractivity contribution is 0.0696. The van der Waals surface area contributed by atoms with E-state index in [1.54, 1.807) is 0 Å². The van der Waals surface area contributed by atoms with Gasteiger partial charge in [-0.3, -0.25) is 4.79 Å². The molecule has 2 rings (SSSR count). The molecule has 0 bridgehead atoms. The van der Waals surface area contributed by atoms with E-state index in [1.807, 2.05) is 31.2 Å². The molecule has 0 saturated carbocycles. The van der Waals surface area contributed by atoms with Crippen LogP contribution < -0.4 is 5.56 Å². The Labute approximate surface area is 97.6 Å². The minimum Gasteiger partial charge on any atom is -0.478 e. The molecule has 4 nitrogen and oxygen atoms in total. The number of carboxylic acid groups (broad SMARTS) is 1. The first-order valence-electron chi connectivity index (χ1n) is 5.11.